The van der Waals surface area contributed by atoms with E-state index in [2.05, 4.69) is 14.6 Å². The molecule has 14 heavy (non-hydrogen) atoms. The van der Waals surface area contributed by atoms with Crippen LogP contribution < -0.4 is 4.74 Å². The van der Waals surface area contributed by atoms with Gasteiger partial charge in [0.1, 0.15) is 5.56 Å². The summed E-state index contributed by atoms with van der Waals surface area (Å²) < 4.78 is 33.3. The van der Waals surface area contributed by atoms with Crippen molar-refractivity contribution in [1.82, 2.24) is 9.78 Å². The van der Waals surface area contributed by atoms with Crippen molar-refractivity contribution in [2.24, 2.45) is 7.05 Å². The number of methoxy groups -OCH3 is 1. The van der Waals surface area contributed by atoms with Crippen molar-refractivity contribution in [3.05, 3.63) is 11.8 Å². The van der Waals surface area contributed by atoms with Crippen LogP contribution in [-0.2, 0) is 11.8 Å². The molecule has 0 spiro atoms. The number of hydrogen-bond donors (Lipinski definition) is 0. The van der Waals surface area contributed by atoms with Gasteiger partial charge in [-0.1, -0.05) is 0 Å². The van der Waals surface area contributed by atoms with E-state index in [4.69, 9.17) is 0 Å². The van der Waals surface area contributed by atoms with Crippen LogP contribution >= 0.6 is 0 Å². The van der Waals surface area contributed by atoms with E-state index in [0.717, 1.165) is 7.11 Å². The zero-order chi connectivity index (χ0) is 10.7. The molecule has 0 aliphatic carbocycles. The summed E-state index contributed by atoms with van der Waals surface area (Å²) in [7, 11) is 2.62. The van der Waals surface area contributed by atoms with Crippen molar-refractivity contribution < 1.29 is 23.0 Å². The average molecular weight is 206 g/mol. The van der Waals surface area contributed by atoms with Crippen molar-refractivity contribution in [3.8, 4) is 5.88 Å². The lowest BCUT2D eigenvalue weighted by molar-refractivity contribution is -0.0536. The van der Waals surface area contributed by atoms with E-state index in [9.17, 15) is 13.6 Å². The van der Waals surface area contributed by atoms with Gasteiger partial charge in [-0.05, 0) is 0 Å². The predicted octanol–water partition coefficient (Wildman–Crippen LogP) is 0.808. The molecule has 0 bridgehead atoms. The molecule has 5 nitrogen and oxygen atoms in total. The number of aryl methyl sites for hydroxylation is 1. The number of halogens is 2. The zero-order valence-corrected chi connectivity index (χ0v) is 7.53. The lowest BCUT2D eigenvalue weighted by Crippen LogP contribution is -2.07. The van der Waals surface area contributed by atoms with Gasteiger partial charge in [0.05, 0.1) is 7.11 Å². The molecule has 0 aliphatic heterocycles. The number of esters is 1. The van der Waals surface area contributed by atoms with Gasteiger partial charge in [-0.3, -0.25) is 4.68 Å². The molecule has 0 saturated carbocycles. The first-order valence-corrected chi connectivity index (χ1v) is 3.61. The number of aromatic nitrogens is 2. The van der Waals surface area contributed by atoms with Gasteiger partial charge >= 0.3 is 12.6 Å². The Bertz CT molecular complexity index is 338. The van der Waals surface area contributed by atoms with Gasteiger partial charge in [0.15, 0.2) is 0 Å². The molecule has 1 heterocycles. The minimum absolute atomic E-state index is 0.129. The molecule has 1 rings (SSSR count). The van der Waals surface area contributed by atoms with Crippen molar-refractivity contribution in [2.45, 2.75) is 6.61 Å². The second-order valence-corrected chi connectivity index (χ2v) is 2.39. The number of alkyl halides is 2. The molecule has 1 aromatic heterocycles. The third kappa shape index (κ3) is 2.18. The van der Waals surface area contributed by atoms with Crippen molar-refractivity contribution in [3.63, 3.8) is 0 Å². The summed E-state index contributed by atoms with van der Waals surface area (Å²) in [6.07, 6.45) is 1.24. The Balaban J connectivity index is 2.96. The smallest absolute Gasteiger partial charge is 0.388 e. The molecule has 0 atom stereocenters. The second-order valence-electron chi connectivity index (χ2n) is 2.39. The van der Waals surface area contributed by atoms with E-state index in [1.165, 1.54) is 17.9 Å². The fraction of sp³-hybridized carbons (Fsp3) is 0.429. The van der Waals surface area contributed by atoms with Gasteiger partial charge < -0.3 is 9.47 Å². The van der Waals surface area contributed by atoms with Crippen LogP contribution in [0.2, 0.25) is 0 Å². The number of ether oxygens (including phenoxy) is 2. The van der Waals surface area contributed by atoms with Crippen molar-refractivity contribution in [2.75, 3.05) is 7.11 Å². The molecule has 1 aromatic rings. The number of hydrogen-bond acceptors (Lipinski definition) is 4. The van der Waals surface area contributed by atoms with E-state index in [1.807, 2.05) is 0 Å². The topological polar surface area (TPSA) is 53.4 Å². The van der Waals surface area contributed by atoms with Crippen LogP contribution in [0.1, 0.15) is 10.4 Å². The summed E-state index contributed by atoms with van der Waals surface area (Å²) in [5.41, 5.74) is -0.129. The average Bonchev–Trinajstić information content (AvgIpc) is 2.44. The Hall–Kier alpha value is -1.66. The molecular weight excluding hydrogens is 198 g/mol. The van der Waals surface area contributed by atoms with Crippen LogP contribution in [0.25, 0.3) is 0 Å². The monoisotopic (exact) mass is 206 g/mol. The molecule has 0 N–H and O–H groups in total. The third-order valence-electron chi connectivity index (χ3n) is 1.40. The maximum absolute atomic E-state index is 11.9. The fourth-order valence-electron chi connectivity index (χ4n) is 0.889. The predicted molar refractivity (Wildman–Crippen MR) is 41.2 cm³/mol. The molecule has 78 valence electrons. The van der Waals surface area contributed by atoms with Gasteiger partial charge in [0, 0.05) is 13.2 Å². The first-order chi connectivity index (χ1) is 6.54. The molecular formula is C7H8F2N2O3. The van der Waals surface area contributed by atoms with Crippen molar-refractivity contribution in [1.29, 1.82) is 0 Å². The highest BCUT2D eigenvalue weighted by atomic mass is 19.3. The molecule has 0 amide bonds. The van der Waals surface area contributed by atoms with Gasteiger partial charge in [0.25, 0.3) is 5.88 Å². The highest BCUT2D eigenvalue weighted by Gasteiger charge is 2.20. The fourth-order valence-corrected chi connectivity index (χ4v) is 0.889. The number of nitrogens with zero attached hydrogens (tertiary/aromatic N) is 2. The standard InChI is InChI=1S/C7H8F2N2O3/c1-11-3-4(6(12)13-2)5(10-11)14-7(8)9/h3,7H,1-2H3. The Kier molecular flexibility index (Phi) is 3.00. The number of carbonyl (C=O) groups excluding carboxylic acids is 1. The van der Waals surface area contributed by atoms with E-state index < -0.39 is 18.5 Å². The number of carbonyl (C=O) groups is 1. The molecule has 0 aromatic carbocycles. The van der Waals surface area contributed by atoms with Gasteiger partial charge in [-0.2, -0.15) is 8.78 Å². The largest absolute Gasteiger partial charge is 0.465 e. The molecule has 0 fully saturated rings. The molecule has 0 saturated heterocycles. The zero-order valence-electron chi connectivity index (χ0n) is 7.53. The Labute approximate surface area is 78.2 Å². The second kappa shape index (κ2) is 4.03. The van der Waals surface area contributed by atoms with Gasteiger partial charge in [-0.15, -0.1) is 5.10 Å². The van der Waals surface area contributed by atoms with E-state index >= 15 is 0 Å². The normalized spacial score (nSPS) is 10.4. The van der Waals surface area contributed by atoms with Crippen LogP contribution in [-0.4, -0.2) is 29.5 Å². The third-order valence-corrected chi connectivity index (χ3v) is 1.40. The van der Waals surface area contributed by atoms with E-state index in [0.29, 0.717) is 0 Å². The van der Waals surface area contributed by atoms with Crippen LogP contribution in [0.4, 0.5) is 8.78 Å². The Morgan fingerprint density at radius 2 is 2.29 bits per heavy atom. The SMILES string of the molecule is COC(=O)c1cn(C)nc1OC(F)F. The first-order valence-electron chi connectivity index (χ1n) is 3.61. The summed E-state index contributed by atoms with van der Waals surface area (Å²) >= 11 is 0. The van der Waals surface area contributed by atoms with Gasteiger partial charge in [-0.25, -0.2) is 4.79 Å². The molecule has 0 radical (unpaired) electrons. The lowest BCUT2D eigenvalue weighted by Gasteiger charge is -2.01. The highest BCUT2D eigenvalue weighted by molar-refractivity contribution is 5.91. The maximum Gasteiger partial charge on any atom is 0.388 e. The Morgan fingerprint density at radius 1 is 1.64 bits per heavy atom. The highest BCUT2D eigenvalue weighted by Crippen LogP contribution is 2.18. The van der Waals surface area contributed by atoms with Crippen molar-refractivity contribution >= 4 is 5.97 Å². The summed E-state index contributed by atoms with van der Waals surface area (Å²) in [5.74, 6) is -1.21. The molecule has 0 aliphatic rings. The minimum atomic E-state index is -3.02. The minimum Gasteiger partial charge on any atom is -0.465 e. The Morgan fingerprint density at radius 3 is 2.79 bits per heavy atom. The molecule has 7 heteroatoms. The van der Waals surface area contributed by atoms with Crippen LogP contribution in [0.15, 0.2) is 6.20 Å². The maximum atomic E-state index is 11.9. The van der Waals surface area contributed by atoms with E-state index in [1.54, 1.807) is 0 Å². The van der Waals surface area contributed by atoms with Crippen LogP contribution in [0.5, 0.6) is 5.88 Å². The first kappa shape index (κ1) is 10.4. The summed E-state index contributed by atoms with van der Waals surface area (Å²) in [4.78, 5) is 11.0. The van der Waals surface area contributed by atoms with Crippen LogP contribution in [0.3, 0.4) is 0 Å². The van der Waals surface area contributed by atoms with E-state index in [-0.39, 0.29) is 5.56 Å². The summed E-state index contributed by atoms with van der Waals surface area (Å²) in [6.45, 7) is -3.02. The molecule has 0 unspecified atom stereocenters. The summed E-state index contributed by atoms with van der Waals surface area (Å²) in [6, 6.07) is 0. The van der Waals surface area contributed by atoms with Gasteiger partial charge in [0.2, 0.25) is 0 Å². The lowest BCUT2D eigenvalue weighted by atomic mass is 10.3. The summed E-state index contributed by atoms with van der Waals surface area (Å²) in [5, 5.41) is 3.53. The quantitative estimate of drug-likeness (QED) is 0.686. The van der Waals surface area contributed by atoms with Crippen LogP contribution in [0, 0.1) is 0 Å². The number of rotatable bonds is 3.